The number of aliphatic hydroxyl groups is 2. The fraction of sp³-hybridized carbons (Fsp3) is 0.500. The summed E-state index contributed by atoms with van der Waals surface area (Å²) < 4.78 is 1.76. The molecule has 7 nitrogen and oxygen atoms in total. The summed E-state index contributed by atoms with van der Waals surface area (Å²) >= 11 is 0. The van der Waals surface area contributed by atoms with Crippen LogP contribution in [0.5, 0.6) is 0 Å². The zero-order valence-electron chi connectivity index (χ0n) is 9.32. The van der Waals surface area contributed by atoms with E-state index in [0.717, 1.165) is 0 Å². The van der Waals surface area contributed by atoms with E-state index in [9.17, 15) is 0 Å². The molecule has 0 radical (unpaired) electrons. The SMILES string of the molecule is Nc1nc2cncnc2n1CCC(CO)CO. The predicted molar refractivity (Wildman–Crippen MR) is 62.0 cm³/mol. The van der Waals surface area contributed by atoms with Crippen molar-refractivity contribution in [2.24, 2.45) is 5.92 Å². The van der Waals surface area contributed by atoms with Crippen LogP contribution >= 0.6 is 0 Å². The molecule has 0 unspecified atom stereocenters. The number of aromatic nitrogens is 4. The van der Waals surface area contributed by atoms with Crippen LogP contribution in [-0.4, -0.2) is 42.9 Å². The van der Waals surface area contributed by atoms with Crippen molar-refractivity contribution in [1.82, 2.24) is 19.5 Å². The summed E-state index contributed by atoms with van der Waals surface area (Å²) in [6, 6.07) is 0. The number of hydrogen-bond donors (Lipinski definition) is 3. The highest BCUT2D eigenvalue weighted by atomic mass is 16.3. The van der Waals surface area contributed by atoms with Crippen LogP contribution in [0.1, 0.15) is 6.42 Å². The summed E-state index contributed by atoms with van der Waals surface area (Å²) in [7, 11) is 0. The fourth-order valence-electron chi connectivity index (χ4n) is 1.67. The van der Waals surface area contributed by atoms with Crippen molar-refractivity contribution >= 4 is 17.1 Å². The Kier molecular flexibility index (Phi) is 3.50. The van der Waals surface area contributed by atoms with Crippen LogP contribution in [0.3, 0.4) is 0 Å². The van der Waals surface area contributed by atoms with Gasteiger partial charge in [-0.1, -0.05) is 0 Å². The zero-order chi connectivity index (χ0) is 12.3. The maximum atomic E-state index is 9.00. The summed E-state index contributed by atoms with van der Waals surface area (Å²) in [5, 5.41) is 18.0. The Morgan fingerprint density at radius 3 is 2.82 bits per heavy atom. The smallest absolute Gasteiger partial charge is 0.202 e. The molecule has 0 amide bonds. The van der Waals surface area contributed by atoms with Gasteiger partial charge in [-0.2, -0.15) is 0 Å². The average molecular weight is 237 g/mol. The van der Waals surface area contributed by atoms with E-state index < -0.39 is 0 Å². The van der Waals surface area contributed by atoms with Crippen molar-refractivity contribution < 1.29 is 10.2 Å². The van der Waals surface area contributed by atoms with Crippen molar-refractivity contribution in [1.29, 1.82) is 0 Å². The third-order valence-corrected chi connectivity index (χ3v) is 2.72. The van der Waals surface area contributed by atoms with Gasteiger partial charge in [0.1, 0.15) is 11.8 Å². The molecule has 0 aromatic carbocycles. The molecule has 7 heteroatoms. The van der Waals surface area contributed by atoms with Crippen LogP contribution in [0, 0.1) is 5.92 Å². The van der Waals surface area contributed by atoms with E-state index in [1.807, 2.05) is 0 Å². The molecule has 0 aliphatic carbocycles. The number of aryl methyl sites for hydroxylation is 1. The van der Waals surface area contributed by atoms with Gasteiger partial charge < -0.3 is 15.9 Å². The maximum absolute atomic E-state index is 9.00. The first kappa shape index (κ1) is 11.7. The Labute approximate surface area is 97.9 Å². The number of hydrogen-bond acceptors (Lipinski definition) is 6. The van der Waals surface area contributed by atoms with Gasteiger partial charge in [-0.05, 0) is 6.42 Å². The minimum atomic E-state index is -0.145. The van der Waals surface area contributed by atoms with E-state index in [0.29, 0.717) is 30.1 Å². The quantitative estimate of drug-likeness (QED) is 0.640. The second kappa shape index (κ2) is 5.07. The summed E-state index contributed by atoms with van der Waals surface area (Å²) in [6.45, 7) is 0.473. The molecule has 2 aromatic rings. The van der Waals surface area contributed by atoms with Crippen LogP contribution in [0.25, 0.3) is 11.2 Å². The zero-order valence-corrected chi connectivity index (χ0v) is 9.32. The molecule has 0 atom stereocenters. The summed E-state index contributed by atoms with van der Waals surface area (Å²) in [5.41, 5.74) is 7.10. The number of fused-ring (bicyclic) bond motifs is 1. The number of nitrogen functional groups attached to an aromatic ring is 1. The maximum Gasteiger partial charge on any atom is 0.202 e. The molecule has 0 spiro atoms. The summed E-state index contributed by atoms with van der Waals surface area (Å²) in [5.74, 6) is 0.226. The minimum absolute atomic E-state index is 0.0436. The largest absolute Gasteiger partial charge is 0.396 e. The minimum Gasteiger partial charge on any atom is -0.396 e. The summed E-state index contributed by atoms with van der Waals surface area (Å²) in [4.78, 5) is 12.1. The summed E-state index contributed by atoms with van der Waals surface area (Å²) in [6.07, 6.45) is 3.66. The van der Waals surface area contributed by atoms with Crippen LogP contribution in [-0.2, 0) is 6.54 Å². The molecule has 17 heavy (non-hydrogen) atoms. The van der Waals surface area contributed by atoms with Crippen molar-refractivity contribution in [2.45, 2.75) is 13.0 Å². The first-order chi connectivity index (χ1) is 8.26. The van der Waals surface area contributed by atoms with Crippen LogP contribution in [0.4, 0.5) is 5.95 Å². The van der Waals surface area contributed by atoms with Crippen molar-refractivity contribution in [2.75, 3.05) is 18.9 Å². The Hall–Kier alpha value is -1.73. The van der Waals surface area contributed by atoms with Crippen LogP contribution < -0.4 is 5.73 Å². The molecule has 2 rings (SSSR count). The van der Waals surface area contributed by atoms with E-state index in [1.165, 1.54) is 6.33 Å². The molecule has 92 valence electrons. The Bertz CT molecular complexity index is 494. The highest BCUT2D eigenvalue weighted by Crippen LogP contribution is 2.15. The molecular formula is C10H15N5O2. The Morgan fingerprint density at radius 2 is 2.12 bits per heavy atom. The molecule has 0 saturated heterocycles. The number of rotatable bonds is 5. The van der Waals surface area contributed by atoms with Gasteiger partial charge in [0.15, 0.2) is 5.65 Å². The highest BCUT2D eigenvalue weighted by Gasteiger charge is 2.11. The predicted octanol–water partition coefficient (Wildman–Crippen LogP) is -0.601. The Balaban J connectivity index is 2.20. The molecule has 2 heterocycles. The molecular weight excluding hydrogens is 222 g/mol. The van der Waals surface area contributed by atoms with E-state index in [1.54, 1.807) is 10.8 Å². The van der Waals surface area contributed by atoms with E-state index in [4.69, 9.17) is 15.9 Å². The normalized spacial score (nSPS) is 11.5. The molecule has 0 aliphatic heterocycles. The number of nitrogens with zero attached hydrogens (tertiary/aromatic N) is 4. The van der Waals surface area contributed by atoms with Crippen molar-refractivity contribution in [3.05, 3.63) is 12.5 Å². The number of anilines is 1. The lowest BCUT2D eigenvalue weighted by Gasteiger charge is -2.11. The van der Waals surface area contributed by atoms with Gasteiger partial charge in [0, 0.05) is 25.7 Å². The van der Waals surface area contributed by atoms with Gasteiger partial charge >= 0.3 is 0 Å². The standard InChI is InChI=1S/C10H15N5O2/c11-10-14-8-3-12-6-13-9(8)15(10)2-1-7(4-16)5-17/h3,6-7,16-17H,1-2,4-5H2,(H2,11,14). The van der Waals surface area contributed by atoms with Gasteiger partial charge in [-0.15, -0.1) is 0 Å². The van der Waals surface area contributed by atoms with Crippen molar-refractivity contribution in [3.63, 3.8) is 0 Å². The lowest BCUT2D eigenvalue weighted by molar-refractivity contribution is 0.140. The monoisotopic (exact) mass is 237 g/mol. The van der Waals surface area contributed by atoms with E-state index in [-0.39, 0.29) is 19.1 Å². The van der Waals surface area contributed by atoms with E-state index >= 15 is 0 Å². The van der Waals surface area contributed by atoms with Crippen LogP contribution in [0.15, 0.2) is 12.5 Å². The molecule has 0 aliphatic rings. The van der Waals surface area contributed by atoms with Crippen LogP contribution in [0.2, 0.25) is 0 Å². The van der Waals surface area contributed by atoms with Gasteiger partial charge in [-0.3, -0.25) is 4.57 Å². The molecule has 0 bridgehead atoms. The number of nitrogens with two attached hydrogens (primary N) is 1. The van der Waals surface area contributed by atoms with Gasteiger partial charge in [-0.25, -0.2) is 15.0 Å². The fourth-order valence-corrected chi connectivity index (χ4v) is 1.67. The average Bonchev–Trinajstić information content (AvgIpc) is 2.67. The molecule has 0 saturated carbocycles. The highest BCUT2D eigenvalue weighted by molar-refractivity contribution is 5.72. The van der Waals surface area contributed by atoms with E-state index in [2.05, 4.69) is 15.0 Å². The van der Waals surface area contributed by atoms with Gasteiger partial charge in [0.2, 0.25) is 5.95 Å². The van der Waals surface area contributed by atoms with Gasteiger partial charge in [0.05, 0.1) is 6.20 Å². The molecule has 2 aromatic heterocycles. The number of imidazole rings is 1. The lowest BCUT2D eigenvalue weighted by atomic mass is 10.1. The third kappa shape index (κ3) is 2.34. The second-order valence-electron chi connectivity index (χ2n) is 3.87. The second-order valence-corrected chi connectivity index (χ2v) is 3.87. The third-order valence-electron chi connectivity index (χ3n) is 2.72. The Morgan fingerprint density at radius 1 is 1.35 bits per heavy atom. The van der Waals surface area contributed by atoms with Crippen molar-refractivity contribution in [3.8, 4) is 0 Å². The lowest BCUT2D eigenvalue weighted by Crippen LogP contribution is -2.15. The first-order valence-electron chi connectivity index (χ1n) is 5.39. The first-order valence-corrected chi connectivity index (χ1v) is 5.39. The van der Waals surface area contributed by atoms with Gasteiger partial charge in [0.25, 0.3) is 0 Å². The molecule has 4 N–H and O–H groups in total. The number of aliphatic hydroxyl groups excluding tert-OH is 2. The molecule has 0 fully saturated rings. The topological polar surface area (TPSA) is 110 Å².